The van der Waals surface area contributed by atoms with E-state index >= 15 is 0 Å². The first-order chi connectivity index (χ1) is 15.8. The Hall–Kier alpha value is -1.59. The van der Waals surface area contributed by atoms with Crippen LogP contribution in [0.25, 0.3) is 4.72 Å². The van der Waals surface area contributed by atoms with Crippen molar-refractivity contribution < 1.29 is 47.5 Å². The third-order valence-corrected chi connectivity index (χ3v) is 8.29. The molecular formula is C23H30N5NaO4S. The molecule has 178 valence electrons. The molecule has 1 aromatic heterocycles. The SMILES string of the molecule is C[C@H]1CC(N(c2cnn(C)c2)S(=O)(=O)[N-]C(=O)Nc2c3c(cc4c2CCC4)CCC3)CCO1.[Na+]. The largest absolute Gasteiger partial charge is 1.00 e. The van der Waals surface area contributed by atoms with Crippen LogP contribution in [0.4, 0.5) is 16.2 Å². The van der Waals surface area contributed by atoms with Crippen LogP contribution in [0.5, 0.6) is 0 Å². The molecule has 1 fully saturated rings. The van der Waals surface area contributed by atoms with Crippen molar-refractivity contribution in [3.63, 3.8) is 0 Å². The molecule has 0 spiro atoms. The Morgan fingerprint density at radius 1 is 1.21 bits per heavy atom. The van der Waals surface area contributed by atoms with E-state index in [4.69, 9.17) is 4.74 Å². The minimum absolute atomic E-state index is 0. The average molecular weight is 496 g/mol. The van der Waals surface area contributed by atoms with E-state index in [2.05, 4.69) is 21.2 Å². The molecule has 3 aliphatic rings. The van der Waals surface area contributed by atoms with Crippen LogP contribution in [0.15, 0.2) is 18.5 Å². The second kappa shape index (κ2) is 10.2. The van der Waals surface area contributed by atoms with Crippen molar-refractivity contribution in [2.24, 2.45) is 7.05 Å². The molecule has 0 radical (unpaired) electrons. The van der Waals surface area contributed by atoms with Gasteiger partial charge in [0.1, 0.15) is 0 Å². The number of nitrogens with one attached hydrogen (secondary N) is 1. The fourth-order valence-corrected chi connectivity index (χ4v) is 6.76. The Bertz CT molecular complexity index is 1150. The van der Waals surface area contributed by atoms with Gasteiger partial charge in [0.2, 0.25) is 0 Å². The molecule has 2 atom stereocenters. The van der Waals surface area contributed by atoms with Crippen molar-refractivity contribution in [3.05, 3.63) is 45.4 Å². The number of rotatable bonds is 5. The summed E-state index contributed by atoms with van der Waals surface area (Å²) in [4.78, 5) is 13.0. The second-order valence-corrected chi connectivity index (χ2v) is 10.7. The zero-order valence-electron chi connectivity index (χ0n) is 20.1. The Balaban J connectivity index is 0.00000274. The summed E-state index contributed by atoms with van der Waals surface area (Å²) in [6, 6.07) is 1.06. The van der Waals surface area contributed by atoms with Gasteiger partial charge >= 0.3 is 29.6 Å². The minimum Gasteiger partial charge on any atom is -0.423 e. The molecule has 9 nitrogen and oxygen atoms in total. The number of anilines is 2. The zero-order valence-corrected chi connectivity index (χ0v) is 22.9. The maximum Gasteiger partial charge on any atom is 1.00 e. The predicted molar refractivity (Wildman–Crippen MR) is 126 cm³/mol. The Labute approximate surface area is 223 Å². The molecule has 34 heavy (non-hydrogen) atoms. The van der Waals surface area contributed by atoms with E-state index in [-0.39, 0.29) is 41.7 Å². The van der Waals surface area contributed by atoms with Gasteiger partial charge in [-0.2, -0.15) is 5.10 Å². The van der Waals surface area contributed by atoms with Gasteiger partial charge < -0.3 is 14.8 Å². The van der Waals surface area contributed by atoms with Gasteiger partial charge in [0.25, 0.3) is 10.2 Å². The molecule has 2 aromatic rings. The van der Waals surface area contributed by atoms with Crippen LogP contribution in [-0.2, 0) is 47.7 Å². The third-order valence-electron chi connectivity index (χ3n) is 6.89. The smallest absolute Gasteiger partial charge is 0.423 e. The van der Waals surface area contributed by atoms with Crippen LogP contribution in [0, 0.1) is 0 Å². The molecule has 0 bridgehead atoms. The van der Waals surface area contributed by atoms with Crippen molar-refractivity contribution in [1.82, 2.24) is 9.78 Å². The maximum absolute atomic E-state index is 13.4. The summed E-state index contributed by atoms with van der Waals surface area (Å²) in [6.45, 7) is 2.37. The summed E-state index contributed by atoms with van der Waals surface area (Å²) < 4.78 is 39.0. The molecular weight excluding hydrogens is 465 g/mol. The van der Waals surface area contributed by atoms with Gasteiger partial charge in [0.15, 0.2) is 6.03 Å². The summed E-state index contributed by atoms with van der Waals surface area (Å²) in [7, 11) is -2.57. The fraction of sp³-hybridized carbons (Fsp3) is 0.565. The molecule has 1 aromatic carbocycles. The summed E-state index contributed by atoms with van der Waals surface area (Å²) in [5.41, 5.74) is 5.99. The normalized spacial score (nSPS) is 21.4. The number of hydrogen-bond donors (Lipinski definition) is 1. The number of fused-ring (bicyclic) bond motifs is 2. The van der Waals surface area contributed by atoms with E-state index in [1.54, 1.807) is 13.2 Å². The first-order valence-electron chi connectivity index (χ1n) is 11.7. The van der Waals surface area contributed by atoms with E-state index in [0.717, 1.165) is 55.3 Å². The number of benzene rings is 1. The molecule has 2 aliphatic carbocycles. The van der Waals surface area contributed by atoms with Gasteiger partial charge in [-0.05, 0) is 86.2 Å². The summed E-state index contributed by atoms with van der Waals surface area (Å²) >= 11 is 0. The first kappa shape index (κ1) is 25.5. The summed E-state index contributed by atoms with van der Waals surface area (Å²) in [5, 5.41) is 6.99. The van der Waals surface area contributed by atoms with Crippen LogP contribution in [0.3, 0.4) is 0 Å². The van der Waals surface area contributed by atoms with Crippen molar-refractivity contribution in [2.75, 3.05) is 16.2 Å². The number of carbonyl (C=O) groups excluding carboxylic acids is 1. The van der Waals surface area contributed by atoms with E-state index in [1.807, 2.05) is 6.92 Å². The summed E-state index contributed by atoms with van der Waals surface area (Å²) in [6.07, 6.45) is 9.96. The number of ether oxygens (including phenoxy) is 1. The van der Waals surface area contributed by atoms with E-state index in [0.29, 0.717) is 25.1 Å². The van der Waals surface area contributed by atoms with Gasteiger partial charge in [0, 0.05) is 25.9 Å². The Kier molecular flexibility index (Phi) is 7.64. The van der Waals surface area contributed by atoms with Crippen LogP contribution < -0.4 is 39.2 Å². The molecule has 0 saturated carbocycles. The molecule has 1 saturated heterocycles. The van der Waals surface area contributed by atoms with Gasteiger partial charge in [-0.1, -0.05) is 6.07 Å². The summed E-state index contributed by atoms with van der Waals surface area (Å²) in [5.74, 6) is 0. The fourth-order valence-electron chi connectivity index (χ4n) is 5.49. The van der Waals surface area contributed by atoms with Gasteiger partial charge in [-0.15, -0.1) is 0 Å². The number of amides is 2. The van der Waals surface area contributed by atoms with Gasteiger partial charge in [-0.25, -0.2) is 8.42 Å². The molecule has 5 rings (SSSR count). The second-order valence-electron chi connectivity index (χ2n) is 9.26. The zero-order chi connectivity index (χ0) is 23.2. The number of urea groups is 1. The molecule has 1 N–H and O–H groups in total. The van der Waals surface area contributed by atoms with Crippen LogP contribution in [0.2, 0.25) is 0 Å². The van der Waals surface area contributed by atoms with Crippen LogP contribution in [0.1, 0.15) is 54.9 Å². The predicted octanol–water partition coefficient (Wildman–Crippen LogP) is 0.626. The third kappa shape index (κ3) is 5.02. The quantitative estimate of drug-likeness (QED) is 0.612. The standard InChI is InChI=1S/C23H31N5O4S.Na/c1-15-11-18(9-10-32-15)28(19-13-24-27(2)14-19)33(30,31)26-23(29)25-22-20-7-3-5-16(20)12-17-6-4-8-21(17)22;/h12-15,18H,3-11H2,1-2H3,(H2,25,26,29);/q;+1/p-1/t15-,18?;/m0./s1. The Morgan fingerprint density at radius 3 is 2.47 bits per heavy atom. The van der Waals surface area contributed by atoms with Gasteiger partial charge in [-0.3, -0.25) is 13.8 Å². The molecule has 1 unspecified atom stereocenters. The van der Waals surface area contributed by atoms with Crippen LogP contribution >= 0.6 is 0 Å². The van der Waals surface area contributed by atoms with Crippen molar-refractivity contribution in [3.8, 4) is 0 Å². The molecule has 11 heteroatoms. The Morgan fingerprint density at radius 2 is 1.88 bits per heavy atom. The van der Waals surface area contributed by atoms with E-state index in [1.165, 1.54) is 26.3 Å². The average Bonchev–Trinajstić information content (AvgIpc) is 3.48. The van der Waals surface area contributed by atoms with Crippen molar-refractivity contribution in [2.45, 2.75) is 70.4 Å². The molecule has 1 aliphatic heterocycles. The molecule has 2 amide bonds. The number of hydrogen-bond acceptors (Lipinski definition) is 5. The maximum atomic E-state index is 13.4. The monoisotopic (exact) mass is 495 g/mol. The number of carbonyl (C=O) groups is 1. The first-order valence-corrected chi connectivity index (χ1v) is 13.1. The van der Waals surface area contributed by atoms with Crippen molar-refractivity contribution in [1.29, 1.82) is 0 Å². The van der Waals surface area contributed by atoms with Crippen molar-refractivity contribution >= 4 is 27.6 Å². The minimum atomic E-state index is -4.30. The van der Waals surface area contributed by atoms with Crippen LogP contribution in [-0.4, -0.2) is 43.0 Å². The number of aryl methyl sites for hydroxylation is 3. The molecule has 2 heterocycles. The number of aromatic nitrogens is 2. The van der Waals surface area contributed by atoms with E-state index in [9.17, 15) is 13.2 Å². The topological polar surface area (TPSA) is 108 Å². The van der Waals surface area contributed by atoms with E-state index < -0.39 is 16.2 Å². The number of nitrogens with zero attached hydrogens (tertiary/aromatic N) is 4. The van der Waals surface area contributed by atoms with Gasteiger partial charge in [0.05, 0.1) is 18.0 Å².